The van der Waals surface area contributed by atoms with Crippen LogP contribution in [0.5, 0.6) is 0 Å². The van der Waals surface area contributed by atoms with E-state index in [-0.39, 0.29) is 17.0 Å². The molecule has 1 aliphatic carbocycles. The molecule has 1 aromatic carbocycles. The molecule has 2 aromatic rings. The van der Waals surface area contributed by atoms with E-state index in [1.807, 2.05) is 0 Å². The Kier molecular flexibility index (Phi) is 7.86. The maximum atomic E-state index is 13.9. The van der Waals surface area contributed by atoms with Crippen molar-refractivity contribution in [1.82, 2.24) is 14.8 Å². The summed E-state index contributed by atoms with van der Waals surface area (Å²) in [5.74, 6) is 1.46. The van der Waals surface area contributed by atoms with Gasteiger partial charge in [-0.05, 0) is 68.6 Å². The van der Waals surface area contributed by atoms with Crippen LogP contribution in [0.1, 0.15) is 75.5 Å². The predicted octanol–water partition coefficient (Wildman–Crippen LogP) is 6.34. The molecular formula is C26H35F4N3O2. The summed E-state index contributed by atoms with van der Waals surface area (Å²) in [7, 11) is 1.63. The van der Waals surface area contributed by atoms with E-state index in [4.69, 9.17) is 14.5 Å². The van der Waals surface area contributed by atoms with E-state index in [0.717, 1.165) is 50.7 Å². The zero-order valence-corrected chi connectivity index (χ0v) is 20.7. The number of rotatable bonds is 7. The van der Waals surface area contributed by atoms with Crippen LogP contribution < -0.4 is 0 Å². The van der Waals surface area contributed by atoms with Gasteiger partial charge in [0.05, 0.1) is 17.9 Å². The van der Waals surface area contributed by atoms with E-state index >= 15 is 0 Å². The molecule has 0 amide bonds. The Balaban J connectivity index is 1.75. The summed E-state index contributed by atoms with van der Waals surface area (Å²) < 4.78 is 68.0. The standard InChI is InChI=1S/C26H35F4N3O2/c1-17(2)18-4-6-19(7-5-18)24-31-23(15-25(16-34-3)10-12-35-13-11-25)33(32-24)22-9-8-20(27)14-21(22)26(28,29)30/h8-9,14,17-19H,4-7,10-13,15-16H2,1-3H3. The van der Waals surface area contributed by atoms with Crippen LogP contribution in [0.15, 0.2) is 18.2 Å². The molecule has 0 spiro atoms. The second-order valence-electron chi connectivity index (χ2n) is 10.5. The highest BCUT2D eigenvalue weighted by Gasteiger charge is 2.39. The van der Waals surface area contributed by atoms with Gasteiger partial charge in [0.1, 0.15) is 11.6 Å². The smallest absolute Gasteiger partial charge is 0.384 e. The lowest BCUT2D eigenvalue weighted by Gasteiger charge is -2.36. The summed E-state index contributed by atoms with van der Waals surface area (Å²) in [5.41, 5.74) is -1.54. The summed E-state index contributed by atoms with van der Waals surface area (Å²) in [6, 6.07) is 2.74. The van der Waals surface area contributed by atoms with Gasteiger partial charge in [0, 0.05) is 38.1 Å². The van der Waals surface area contributed by atoms with Crippen molar-refractivity contribution in [3.05, 3.63) is 41.2 Å². The lowest BCUT2D eigenvalue weighted by molar-refractivity contribution is -0.137. The van der Waals surface area contributed by atoms with E-state index in [1.54, 1.807) is 7.11 Å². The van der Waals surface area contributed by atoms with Crippen LogP contribution >= 0.6 is 0 Å². The number of ether oxygens (including phenoxy) is 2. The first kappa shape index (κ1) is 26.1. The van der Waals surface area contributed by atoms with Crippen LogP contribution in [0.25, 0.3) is 5.69 Å². The molecule has 0 bridgehead atoms. The first-order valence-electron chi connectivity index (χ1n) is 12.5. The van der Waals surface area contributed by atoms with Gasteiger partial charge >= 0.3 is 6.18 Å². The molecule has 1 saturated carbocycles. The van der Waals surface area contributed by atoms with E-state index in [9.17, 15) is 17.6 Å². The van der Waals surface area contributed by atoms with Gasteiger partial charge in [0.15, 0.2) is 5.82 Å². The van der Waals surface area contributed by atoms with Crippen LogP contribution in [0.2, 0.25) is 0 Å². The molecule has 0 radical (unpaired) electrons. The maximum Gasteiger partial charge on any atom is 0.418 e. The quantitative estimate of drug-likeness (QED) is 0.419. The van der Waals surface area contributed by atoms with E-state index < -0.39 is 17.6 Å². The number of halogens is 4. The van der Waals surface area contributed by atoms with Crippen molar-refractivity contribution in [2.45, 2.75) is 70.9 Å². The third-order valence-corrected chi connectivity index (χ3v) is 7.80. The number of alkyl halides is 3. The SMILES string of the molecule is COCC1(Cc2nc(C3CCC(C(C)C)CC3)nn2-c2ccc(F)cc2C(F)(F)F)CCOCC1. The Morgan fingerprint density at radius 1 is 1.14 bits per heavy atom. The van der Waals surface area contributed by atoms with E-state index in [2.05, 4.69) is 18.9 Å². The summed E-state index contributed by atoms with van der Waals surface area (Å²) in [6.07, 6.45) is 1.07. The highest BCUT2D eigenvalue weighted by atomic mass is 19.4. The highest BCUT2D eigenvalue weighted by Crippen LogP contribution is 2.41. The van der Waals surface area contributed by atoms with Gasteiger partial charge in [-0.2, -0.15) is 18.3 Å². The van der Waals surface area contributed by atoms with Crippen LogP contribution in [0, 0.1) is 23.1 Å². The highest BCUT2D eigenvalue weighted by molar-refractivity contribution is 5.43. The molecule has 0 N–H and O–H groups in total. The molecule has 0 atom stereocenters. The fraction of sp³-hybridized carbons (Fsp3) is 0.692. The number of aromatic nitrogens is 3. The van der Waals surface area contributed by atoms with Gasteiger partial charge < -0.3 is 9.47 Å². The molecule has 9 heteroatoms. The van der Waals surface area contributed by atoms with Crippen LogP contribution in [0.4, 0.5) is 17.6 Å². The summed E-state index contributed by atoms with van der Waals surface area (Å²) in [4.78, 5) is 4.84. The lowest BCUT2D eigenvalue weighted by atomic mass is 9.76. The molecule has 0 unspecified atom stereocenters. The first-order valence-corrected chi connectivity index (χ1v) is 12.5. The molecule has 2 fully saturated rings. The first-order chi connectivity index (χ1) is 16.6. The second-order valence-corrected chi connectivity index (χ2v) is 10.5. The Morgan fingerprint density at radius 3 is 2.43 bits per heavy atom. The average Bonchev–Trinajstić information content (AvgIpc) is 3.22. The molecule has 1 aliphatic heterocycles. The maximum absolute atomic E-state index is 13.9. The number of benzene rings is 1. The number of hydrogen-bond acceptors (Lipinski definition) is 4. The van der Waals surface area contributed by atoms with Crippen molar-refractivity contribution < 1.29 is 27.0 Å². The summed E-state index contributed by atoms with van der Waals surface area (Å²) in [6.45, 7) is 6.04. The third-order valence-electron chi connectivity index (χ3n) is 7.80. The van der Waals surface area contributed by atoms with Crippen LogP contribution in [0.3, 0.4) is 0 Å². The van der Waals surface area contributed by atoms with E-state index in [0.29, 0.717) is 55.8 Å². The van der Waals surface area contributed by atoms with Crippen LogP contribution in [-0.2, 0) is 22.1 Å². The van der Waals surface area contributed by atoms with Crippen molar-refractivity contribution >= 4 is 0 Å². The minimum absolute atomic E-state index is 0.104. The van der Waals surface area contributed by atoms with Gasteiger partial charge in [-0.25, -0.2) is 14.1 Å². The molecule has 1 aromatic heterocycles. The van der Waals surface area contributed by atoms with Crippen molar-refractivity contribution in [3.63, 3.8) is 0 Å². The average molecular weight is 498 g/mol. The molecule has 194 valence electrons. The summed E-state index contributed by atoms with van der Waals surface area (Å²) >= 11 is 0. The molecule has 35 heavy (non-hydrogen) atoms. The predicted molar refractivity (Wildman–Crippen MR) is 124 cm³/mol. The number of hydrogen-bond donors (Lipinski definition) is 0. The zero-order valence-electron chi connectivity index (χ0n) is 20.7. The molecular weight excluding hydrogens is 462 g/mol. The Bertz CT molecular complexity index is 985. The Labute approximate surface area is 204 Å². The number of nitrogens with zero attached hydrogens (tertiary/aromatic N) is 3. The van der Waals surface area contributed by atoms with Gasteiger partial charge in [-0.15, -0.1) is 0 Å². The molecule has 1 saturated heterocycles. The van der Waals surface area contributed by atoms with Gasteiger partial charge in [-0.1, -0.05) is 13.8 Å². The molecule has 4 rings (SSSR count). The molecule has 2 aliphatic rings. The second kappa shape index (κ2) is 10.5. The van der Waals surface area contributed by atoms with Gasteiger partial charge in [-0.3, -0.25) is 0 Å². The third kappa shape index (κ3) is 5.88. The molecule has 5 nitrogen and oxygen atoms in total. The Hall–Kier alpha value is -2.00. The fourth-order valence-corrected chi connectivity index (χ4v) is 5.62. The van der Waals surface area contributed by atoms with Gasteiger partial charge in [0.25, 0.3) is 0 Å². The fourth-order valence-electron chi connectivity index (χ4n) is 5.62. The van der Waals surface area contributed by atoms with E-state index in [1.165, 1.54) is 4.68 Å². The van der Waals surface area contributed by atoms with Gasteiger partial charge in [0.2, 0.25) is 0 Å². The largest absolute Gasteiger partial charge is 0.418 e. The monoisotopic (exact) mass is 497 g/mol. The zero-order chi connectivity index (χ0) is 25.2. The normalized spacial score (nSPS) is 23.1. The number of methoxy groups -OCH3 is 1. The minimum Gasteiger partial charge on any atom is -0.384 e. The topological polar surface area (TPSA) is 49.2 Å². The van der Waals surface area contributed by atoms with Crippen molar-refractivity contribution in [2.24, 2.45) is 17.3 Å². The van der Waals surface area contributed by atoms with Crippen molar-refractivity contribution in [2.75, 3.05) is 26.9 Å². The minimum atomic E-state index is -4.72. The molecule has 2 heterocycles. The Morgan fingerprint density at radius 2 is 1.83 bits per heavy atom. The summed E-state index contributed by atoms with van der Waals surface area (Å²) in [5, 5.41) is 4.65. The lowest BCUT2D eigenvalue weighted by Crippen LogP contribution is -2.36. The van der Waals surface area contributed by atoms with Crippen molar-refractivity contribution in [3.8, 4) is 5.69 Å². The van der Waals surface area contributed by atoms with Crippen molar-refractivity contribution in [1.29, 1.82) is 0 Å². The van der Waals surface area contributed by atoms with Crippen LogP contribution in [-0.4, -0.2) is 41.7 Å².